The van der Waals surface area contributed by atoms with E-state index in [1.807, 2.05) is 0 Å². The van der Waals surface area contributed by atoms with Crippen LogP contribution < -0.4 is 0 Å². The van der Waals surface area contributed by atoms with E-state index in [1.54, 1.807) is 0 Å². The van der Waals surface area contributed by atoms with Crippen LogP contribution in [0.5, 0.6) is 0 Å². The van der Waals surface area contributed by atoms with Crippen molar-refractivity contribution in [2.75, 3.05) is 0 Å². The van der Waals surface area contributed by atoms with E-state index >= 15 is 0 Å². The van der Waals surface area contributed by atoms with E-state index in [0.29, 0.717) is 17.3 Å². The number of carboxylic acids is 1. The molecule has 0 aliphatic heterocycles. The second-order valence-electron chi connectivity index (χ2n) is 6.83. The topological polar surface area (TPSA) is 37.3 Å². The minimum absolute atomic E-state index is 0.0386. The average Bonchev–Trinajstić information content (AvgIpc) is 2.43. The third-order valence-corrected chi connectivity index (χ3v) is 4.69. The van der Waals surface area contributed by atoms with Crippen molar-refractivity contribution in [3.8, 4) is 0 Å². The molecule has 2 rings (SSSR count). The Morgan fingerprint density at radius 2 is 1.87 bits per heavy atom. The lowest BCUT2D eigenvalue weighted by atomic mass is 9.88. The van der Waals surface area contributed by atoms with Crippen LogP contribution in [0.3, 0.4) is 0 Å². The molecular weight excluding hydrogens is 188 g/mol. The first-order valence-electron chi connectivity index (χ1n) is 5.98. The van der Waals surface area contributed by atoms with E-state index in [1.165, 1.54) is 19.3 Å². The molecular formula is C13H22O2. The van der Waals surface area contributed by atoms with E-state index in [-0.39, 0.29) is 11.3 Å². The summed E-state index contributed by atoms with van der Waals surface area (Å²) in [5, 5.41) is 9.15. The van der Waals surface area contributed by atoms with Crippen LogP contribution >= 0.6 is 0 Å². The summed E-state index contributed by atoms with van der Waals surface area (Å²) in [4.78, 5) is 11.1. The van der Waals surface area contributed by atoms with Crippen molar-refractivity contribution in [1.82, 2.24) is 0 Å². The van der Waals surface area contributed by atoms with E-state index in [2.05, 4.69) is 27.7 Å². The largest absolute Gasteiger partial charge is 0.481 e. The fraction of sp³-hybridized carbons (Fsp3) is 0.923. The summed E-state index contributed by atoms with van der Waals surface area (Å²) in [7, 11) is 0. The molecule has 0 aromatic carbocycles. The highest BCUT2D eigenvalue weighted by Gasteiger charge is 2.65. The maximum Gasteiger partial charge on any atom is 0.307 e. The summed E-state index contributed by atoms with van der Waals surface area (Å²) >= 11 is 0. The highest BCUT2D eigenvalue weighted by molar-refractivity contribution is 5.75. The lowest BCUT2D eigenvalue weighted by Crippen LogP contribution is -2.09. The maximum atomic E-state index is 11.1. The molecule has 0 amide bonds. The molecule has 1 N–H and O–H groups in total. The quantitative estimate of drug-likeness (QED) is 0.760. The molecule has 86 valence electrons. The molecule has 2 nitrogen and oxygen atoms in total. The Bertz CT molecular complexity index is 291. The molecule has 3 unspecified atom stereocenters. The smallest absolute Gasteiger partial charge is 0.307 e. The van der Waals surface area contributed by atoms with Crippen LogP contribution in [0.2, 0.25) is 0 Å². The Hall–Kier alpha value is -0.530. The van der Waals surface area contributed by atoms with Gasteiger partial charge in [0.15, 0.2) is 0 Å². The van der Waals surface area contributed by atoms with Gasteiger partial charge in [-0.2, -0.15) is 0 Å². The van der Waals surface area contributed by atoms with Gasteiger partial charge < -0.3 is 5.11 Å². The van der Waals surface area contributed by atoms with Crippen molar-refractivity contribution in [1.29, 1.82) is 0 Å². The normalized spacial score (nSPS) is 41.5. The molecule has 2 fully saturated rings. The highest BCUT2D eigenvalue weighted by Crippen LogP contribution is 2.66. The molecule has 0 saturated heterocycles. The molecule has 2 aliphatic rings. The summed E-state index contributed by atoms with van der Waals surface area (Å²) in [6.45, 7) is 8.83. The molecule has 0 radical (unpaired) electrons. The predicted octanol–water partition coefficient (Wildman–Crippen LogP) is 3.17. The van der Waals surface area contributed by atoms with Crippen molar-refractivity contribution in [3.05, 3.63) is 0 Å². The van der Waals surface area contributed by atoms with Gasteiger partial charge in [-0.25, -0.2) is 0 Å². The highest BCUT2D eigenvalue weighted by atomic mass is 16.4. The van der Waals surface area contributed by atoms with Crippen LogP contribution in [-0.2, 0) is 4.79 Å². The Morgan fingerprint density at radius 3 is 2.20 bits per heavy atom. The Kier molecular flexibility index (Phi) is 2.19. The second kappa shape index (κ2) is 2.99. The van der Waals surface area contributed by atoms with Gasteiger partial charge in [-0.05, 0) is 41.9 Å². The van der Waals surface area contributed by atoms with Gasteiger partial charge in [0, 0.05) is 0 Å². The van der Waals surface area contributed by atoms with E-state index < -0.39 is 5.97 Å². The zero-order valence-electron chi connectivity index (χ0n) is 10.2. The molecule has 0 aromatic rings. The lowest BCUT2D eigenvalue weighted by Gasteiger charge is -2.17. The Labute approximate surface area is 92.1 Å². The molecule has 15 heavy (non-hydrogen) atoms. The van der Waals surface area contributed by atoms with Crippen molar-refractivity contribution >= 4 is 5.97 Å². The van der Waals surface area contributed by atoms with Gasteiger partial charge in [0.25, 0.3) is 0 Å². The van der Waals surface area contributed by atoms with Crippen molar-refractivity contribution in [2.45, 2.75) is 47.0 Å². The van der Waals surface area contributed by atoms with Gasteiger partial charge in [-0.15, -0.1) is 0 Å². The van der Waals surface area contributed by atoms with Crippen LogP contribution in [-0.4, -0.2) is 11.1 Å². The fourth-order valence-electron chi connectivity index (χ4n) is 3.83. The van der Waals surface area contributed by atoms with Crippen LogP contribution in [0, 0.1) is 28.6 Å². The van der Waals surface area contributed by atoms with E-state index in [0.717, 1.165) is 0 Å². The minimum atomic E-state index is -0.588. The number of rotatable bonds is 2. The Balaban J connectivity index is 2.06. The second-order valence-corrected chi connectivity index (χ2v) is 6.83. The van der Waals surface area contributed by atoms with E-state index in [9.17, 15) is 4.79 Å². The summed E-state index contributed by atoms with van der Waals surface area (Å²) in [5.41, 5.74) is 0.476. The first-order chi connectivity index (χ1) is 6.76. The molecule has 0 heterocycles. The number of aliphatic carboxylic acids is 1. The molecule has 3 atom stereocenters. The van der Waals surface area contributed by atoms with Crippen molar-refractivity contribution < 1.29 is 9.90 Å². The zero-order valence-corrected chi connectivity index (χ0v) is 10.2. The lowest BCUT2D eigenvalue weighted by molar-refractivity contribution is -0.139. The third-order valence-electron chi connectivity index (χ3n) is 4.69. The van der Waals surface area contributed by atoms with Gasteiger partial charge in [0.2, 0.25) is 0 Å². The van der Waals surface area contributed by atoms with Gasteiger partial charge in [0.05, 0.1) is 5.92 Å². The molecule has 0 bridgehead atoms. The molecule has 0 spiro atoms. The Morgan fingerprint density at radius 1 is 1.27 bits per heavy atom. The molecule has 2 aliphatic carbocycles. The van der Waals surface area contributed by atoms with E-state index in [4.69, 9.17) is 5.11 Å². The number of carbonyl (C=O) groups is 1. The van der Waals surface area contributed by atoms with Crippen molar-refractivity contribution in [3.63, 3.8) is 0 Å². The summed E-state index contributed by atoms with van der Waals surface area (Å²) < 4.78 is 0. The molecule has 2 saturated carbocycles. The standard InChI is InChI=1S/C13H22O2/c1-12(2)6-5-8(7-12)9-10(11(14)15)13(9,3)4/h8-10H,5-7H2,1-4H3,(H,14,15). The van der Waals surface area contributed by atoms with Gasteiger partial charge >= 0.3 is 5.97 Å². The first kappa shape index (κ1) is 11.0. The number of hydrogen-bond donors (Lipinski definition) is 1. The summed E-state index contributed by atoms with van der Waals surface area (Å²) in [6.07, 6.45) is 3.70. The molecule has 2 heteroatoms. The van der Waals surface area contributed by atoms with Crippen LogP contribution in [0.4, 0.5) is 0 Å². The fourth-order valence-corrected chi connectivity index (χ4v) is 3.83. The monoisotopic (exact) mass is 210 g/mol. The predicted molar refractivity (Wildman–Crippen MR) is 59.5 cm³/mol. The van der Waals surface area contributed by atoms with Crippen LogP contribution in [0.25, 0.3) is 0 Å². The summed E-state index contributed by atoms with van der Waals surface area (Å²) in [6, 6.07) is 0. The maximum absolute atomic E-state index is 11.1. The summed E-state index contributed by atoms with van der Waals surface area (Å²) in [5.74, 6) is 0.402. The molecule has 0 aromatic heterocycles. The van der Waals surface area contributed by atoms with Gasteiger partial charge in [-0.1, -0.05) is 27.7 Å². The minimum Gasteiger partial charge on any atom is -0.481 e. The number of carboxylic acid groups (broad SMARTS) is 1. The average molecular weight is 210 g/mol. The van der Waals surface area contributed by atoms with Crippen LogP contribution in [0.1, 0.15) is 47.0 Å². The SMILES string of the molecule is CC1(C)CCC(C2C(C(=O)O)C2(C)C)C1. The van der Waals surface area contributed by atoms with Crippen molar-refractivity contribution in [2.24, 2.45) is 28.6 Å². The first-order valence-corrected chi connectivity index (χ1v) is 5.98. The zero-order chi connectivity index (χ0) is 11.4. The van der Waals surface area contributed by atoms with Gasteiger partial charge in [0.1, 0.15) is 0 Å². The third kappa shape index (κ3) is 1.68. The van der Waals surface area contributed by atoms with Crippen LogP contribution in [0.15, 0.2) is 0 Å². The number of hydrogen-bond acceptors (Lipinski definition) is 1. The van der Waals surface area contributed by atoms with Gasteiger partial charge in [-0.3, -0.25) is 4.79 Å².